The van der Waals surface area contributed by atoms with E-state index in [4.69, 9.17) is 9.15 Å². The van der Waals surface area contributed by atoms with Gasteiger partial charge >= 0.3 is 0 Å². The van der Waals surface area contributed by atoms with E-state index < -0.39 is 22.0 Å². The molecule has 0 aliphatic carbocycles. The number of hydrogen-bond donors (Lipinski definition) is 1. The second-order valence-electron chi connectivity index (χ2n) is 6.22. The van der Waals surface area contributed by atoms with E-state index in [9.17, 15) is 13.2 Å². The van der Waals surface area contributed by atoms with Crippen molar-refractivity contribution in [2.24, 2.45) is 0 Å². The van der Waals surface area contributed by atoms with Crippen molar-refractivity contribution in [2.75, 3.05) is 10.8 Å². The fraction of sp³-hybridized carbons (Fsp3) is 0.150. The summed E-state index contributed by atoms with van der Waals surface area (Å²) in [5, 5.41) is 2.72. The molecule has 0 radical (unpaired) electrons. The number of carbonyl (C=O) groups excluding carboxylic acids is 1. The third-order valence-electron chi connectivity index (χ3n) is 4.38. The van der Waals surface area contributed by atoms with Crippen LogP contribution in [0.25, 0.3) is 0 Å². The average Bonchev–Trinajstić information content (AvgIpc) is 3.25. The minimum absolute atomic E-state index is 0.127. The lowest BCUT2D eigenvalue weighted by molar-refractivity contribution is -0.128. The van der Waals surface area contributed by atoms with Crippen LogP contribution in [-0.4, -0.2) is 27.0 Å². The molecule has 0 bridgehead atoms. The molecule has 7 nitrogen and oxygen atoms in total. The first-order valence-electron chi connectivity index (χ1n) is 8.69. The van der Waals surface area contributed by atoms with E-state index in [1.54, 1.807) is 54.6 Å². The maximum Gasteiger partial charge on any atom is 0.264 e. The molecule has 1 aliphatic rings. The Labute approximate surface area is 162 Å². The van der Waals surface area contributed by atoms with E-state index in [0.29, 0.717) is 17.2 Å². The molecule has 1 aromatic heterocycles. The third kappa shape index (κ3) is 3.46. The number of sulfonamides is 1. The number of para-hydroxylation sites is 2. The first-order valence-corrected chi connectivity index (χ1v) is 10.1. The Morgan fingerprint density at radius 3 is 2.54 bits per heavy atom. The second-order valence-corrected chi connectivity index (χ2v) is 8.08. The van der Waals surface area contributed by atoms with Gasteiger partial charge < -0.3 is 14.5 Å². The molecule has 28 heavy (non-hydrogen) atoms. The molecule has 2 aromatic carbocycles. The van der Waals surface area contributed by atoms with Crippen molar-refractivity contribution in [3.63, 3.8) is 0 Å². The van der Waals surface area contributed by atoms with Gasteiger partial charge in [-0.15, -0.1) is 0 Å². The van der Waals surface area contributed by atoms with E-state index >= 15 is 0 Å². The lowest BCUT2D eigenvalue weighted by Crippen LogP contribution is -2.50. The van der Waals surface area contributed by atoms with Gasteiger partial charge in [0.05, 0.1) is 29.9 Å². The second kappa shape index (κ2) is 7.40. The number of hydrogen-bond acceptors (Lipinski definition) is 5. The topological polar surface area (TPSA) is 88.9 Å². The molecule has 1 aliphatic heterocycles. The number of nitrogens with zero attached hydrogens (tertiary/aromatic N) is 1. The Balaban J connectivity index is 1.62. The van der Waals surface area contributed by atoms with Gasteiger partial charge in [-0.3, -0.25) is 9.10 Å². The SMILES string of the molecule is O=C(NCc1ccco1)C1CN(S(=O)(=O)c2ccccc2)c2ccccc2O1. The number of anilines is 1. The molecule has 1 N–H and O–H groups in total. The highest BCUT2D eigenvalue weighted by Gasteiger charge is 2.37. The van der Waals surface area contributed by atoms with Crippen molar-refractivity contribution in [1.82, 2.24) is 5.32 Å². The molecule has 144 valence electrons. The molecule has 0 spiro atoms. The molecule has 1 atom stereocenters. The summed E-state index contributed by atoms with van der Waals surface area (Å²) >= 11 is 0. The number of amides is 1. The zero-order valence-electron chi connectivity index (χ0n) is 14.8. The molecule has 1 unspecified atom stereocenters. The predicted octanol–water partition coefficient (Wildman–Crippen LogP) is 2.55. The largest absolute Gasteiger partial charge is 0.476 e. The maximum atomic E-state index is 13.2. The zero-order valence-corrected chi connectivity index (χ0v) is 15.6. The summed E-state index contributed by atoms with van der Waals surface area (Å²) in [5.74, 6) is 0.517. The molecular formula is C20H18N2O5S. The Morgan fingerprint density at radius 2 is 1.79 bits per heavy atom. The summed E-state index contributed by atoms with van der Waals surface area (Å²) < 4.78 is 38.6. The van der Waals surface area contributed by atoms with Crippen molar-refractivity contribution >= 4 is 21.6 Å². The number of rotatable bonds is 5. The molecule has 0 saturated carbocycles. The quantitative estimate of drug-likeness (QED) is 0.714. The number of benzene rings is 2. The van der Waals surface area contributed by atoms with E-state index in [2.05, 4.69) is 5.32 Å². The molecular weight excluding hydrogens is 380 g/mol. The highest BCUT2D eigenvalue weighted by atomic mass is 32.2. The molecule has 4 rings (SSSR count). The van der Waals surface area contributed by atoms with E-state index in [1.165, 1.54) is 22.7 Å². The monoisotopic (exact) mass is 398 g/mol. The van der Waals surface area contributed by atoms with Gasteiger partial charge in [0.2, 0.25) is 0 Å². The molecule has 1 amide bonds. The van der Waals surface area contributed by atoms with Crippen LogP contribution in [0, 0.1) is 0 Å². The Morgan fingerprint density at radius 1 is 1.04 bits per heavy atom. The summed E-state index contributed by atoms with van der Waals surface area (Å²) in [6.45, 7) is 0.0665. The van der Waals surface area contributed by atoms with Crippen LogP contribution in [-0.2, 0) is 21.4 Å². The van der Waals surface area contributed by atoms with E-state index in [1.807, 2.05) is 0 Å². The minimum atomic E-state index is -3.85. The van der Waals surface area contributed by atoms with Crippen LogP contribution in [0.1, 0.15) is 5.76 Å². The van der Waals surface area contributed by atoms with Crippen LogP contribution >= 0.6 is 0 Å². The lowest BCUT2D eigenvalue weighted by atomic mass is 10.2. The average molecular weight is 398 g/mol. The van der Waals surface area contributed by atoms with Gasteiger partial charge in [-0.05, 0) is 36.4 Å². The Bertz CT molecular complexity index is 1060. The van der Waals surface area contributed by atoms with Gasteiger partial charge in [0.15, 0.2) is 6.10 Å². The minimum Gasteiger partial charge on any atom is -0.476 e. The smallest absolute Gasteiger partial charge is 0.264 e. The first-order chi connectivity index (χ1) is 13.6. The highest BCUT2D eigenvalue weighted by Crippen LogP contribution is 2.36. The summed E-state index contributed by atoms with van der Waals surface area (Å²) in [4.78, 5) is 12.8. The molecule has 0 saturated heterocycles. The van der Waals surface area contributed by atoms with Gasteiger partial charge in [-0.1, -0.05) is 30.3 Å². The third-order valence-corrected chi connectivity index (χ3v) is 6.17. The van der Waals surface area contributed by atoms with Crippen molar-refractivity contribution in [2.45, 2.75) is 17.5 Å². The first kappa shape index (κ1) is 18.1. The van der Waals surface area contributed by atoms with Gasteiger partial charge in [0, 0.05) is 0 Å². The molecule has 8 heteroatoms. The standard InChI is InChI=1S/C20H18N2O5S/c23-20(21-13-15-7-6-12-26-15)19-14-22(17-10-4-5-11-18(17)27-19)28(24,25)16-8-2-1-3-9-16/h1-12,19H,13-14H2,(H,21,23). The van der Waals surface area contributed by atoms with E-state index in [-0.39, 0.29) is 18.0 Å². The van der Waals surface area contributed by atoms with Gasteiger partial charge in [0.25, 0.3) is 15.9 Å². The van der Waals surface area contributed by atoms with Crippen LogP contribution in [0.2, 0.25) is 0 Å². The molecule has 2 heterocycles. The van der Waals surface area contributed by atoms with Crippen LogP contribution in [0.4, 0.5) is 5.69 Å². The van der Waals surface area contributed by atoms with E-state index in [0.717, 1.165) is 0 Å². The number of furan rings is 1. The zero-order chi connectivity index (χ0) is 19.6. The Kier molecular flexibility index (Phi) is 4.79. The van der Waals surface area contributed by atoms with Gasteiger partial charge in [-0.25, -0.2) is 8.42 Å². The highest BCUT2D eigenvalue weighted by molar-refractivity contribution is 7.92. The number of fused-ring (bicyclic) bond motifs is 1. The summed E-state index contributed by atoms with van der Waals surface area (Å²) in [5.41, 5.74) is 0.404. The van der Waals surface area contributed by atoms with Crippen molar-refractivity contribution in [1.29, 1.82) is 0 Å². The summed E-state index contributed by atoms with van der Waals surface area (Å²) in [6, 6.07) is 18.4. The van der Waals surface area contributed by atoms with Crippen molar-refractivity contribution < 1.29 is 22.4 Å². The number of carbonyl (C=O) groups is 1. The molecule has 0 fully saturated rings. The van der Waals surface area contributed by atoms with Crippen LogP contribution in [0.15, 0.2) is 82.3 Å². The van der Waals surface area contributed by atoms with Crippen LogP contribution in [0.3, 0.4) is 0 Å². The number of nitrogens with one attached hydrogen (secondary N) is 1. The van der Waals surface area contributed by atoms with Crippen LogP contribution < -0.4 is 14.4 Å². The van der Waals surface area contributed by atoms with Crippen LogP contribution in [0.5, 0.6) is 5.75 Å². The Hall–Kier alpha value is -3.26. The summed E-state index contributed by atoms with van der Waals surface area (Å²) in [7, 11) is -3.85. The predicted molar refractivity (Wildman–Crippen MR) is 102 cm³/mol. The van der Waals surface area contributed by atoms with Gasteiger partial charge in [-0.2, -0.15) is 0 Å². The van der Waals surface area contributed by atoms with Gasteiger partial charge in [0.1, 0.15) is 11.5 Å². The number of ether oxygens (including phenoxy) is 1. The van der Waals surface area contributed by atoms with Crippen molar-refractivity contribution in [3.05, 3.63) is 78.8 Å². The normalized spacial score (nSPS) is 16.1. The molecule has 3 aromatic rings. The fourth-order valence-electron chi connectivity index (χ4n) is 2.99. The van der Waals surface area contributed by atoms with Crippen molar-refractivity contribution in [3.8, 4) is 5.75 Å². The lowest BCUT2D eigenvalue weighted by Gasteiger charge is -2.34. The maximum absolute atomic E-state index is 13.2. The summed E-state index contributed by atoms with van der Waals surface area (Å²) in [6.07, 6.45) is 0.534. The fourth-order valence-corrected chi connectivity index (χ4v) is 4.48.